The molecule has 132 valence electrons. The summed E-state index contributed by atoms with van der Waals surface area (Å²) in [5.74, 6) is -0.281. The molecule has 0 bridgehead atoms. The molecular formula is C19H22N2O3S. The fraction of sp³-hybridized carbons (Fsp3) is 0.316. The van der Waals surface area contributed by atoms with Gasteiger partial charge in [-0.2, -0.15) is 0 Å². The van der Waals surface area contributed by atoms with Crippen LogP contribution in [0.1, 0.15) is 28.8 Å². The second-order valence-electron chi connectivity index (χ2n) is 6.29. The van der Waals surface area contributed by atoms with E-state index in [2.05, 4.69) is 10.6 Å². The van der Waals surface area contributed by atoms with Crippen LogP contribution >= 0.6 is 0 Å². The second kappa shape index (κ2) is 7.80. The van der Waals surface area contributed by atoms with Crippen LogP contribution in [0, 0.1) is 0 Å². The molecule has 1 saturated heterocycles. The van der Waals surface area contributed by atoms with Crippen LogP contribution in [0.2, 0.25) is 0 Å². The first-order valence-electron chi connectivity index (χ1n) is 8.43. The lowest BCUT2D eigenvalue weighted by Gasteiger charge is -2.23. The fourth-order valence-electron chi connectivity index (χ4n) is 2.98. The van der Waals surface area contributed by atoms with Crippen LogP contribution in [-0.2, 0) is 15.6 Å². The molecular weight excluding hydrogens is 336 g/mol. The maximum absolute atomic E-state index is 12.5. The summed E-state index contributed by atoms with van der Waals surface area (Å²) < 4.78 is 25.0. The molecule has 5 nitrogen and oxygen atoms in total. The molecule has 1 aliphatic heterocycles. The lowest BCUT2D eigenvalue weighted by molar-refractivity contribution is 0.0930. The minimum absolute atomic E-state index is 0.122. The molecule has 0 aromatic heterocycles. The third kappa shape index (κ3) is 4.67. The minimum atomic E-state index is -3.42. The predicted molar refractivity (Wildman–Crippen MR) is 97.1 cm³/mol. The number of hydrogen-bond donors (Lipinski definition) is 2. The summed E-state index contributed by atoms with van der Waals surface area (Å²) in [6.07, 6.45) is 2.00. The van der Waals surface area contributed by atoms with Crippen LogP contribution in [0.25, 0.3) is 0 Å². The molecule has 1 aliphatic rings. The zero-order valence-electron chi connectivity index (χ0n) is 13.9. The van der Waals surface area contributed by atoms with Gasteiger partial charge in [0.25, 0.3) is 5.91 Å². The molecule has 25 heavy (non-hydrogen) atoms. The van der Waals surface area contributed by atoms with Gasteiger partial charge in [-0.05, 0) is 49.2 Å². The number of sulfone groups is 1. The number of nitrogens with one attached hydrogen (secondary N) is 2. The third-order valence-electron chi connectivity index (χ3n) is 4.28. The molecule has 6 heteroatoms. The van der Waals surface area contributed by atoms with E-state index < -0.39 is 9.84 Å². The fourth-order valence-corrected chi connectivity index (χ4v) is 4.33. The van der Waals surface area contributed by atoms with Crippen LogP contribution in [-0.4, -0.2) is 33.5 Å². The van der Waals surface area contributed by atoms with Crippen LogP contribution in [0.5, 0.6) is 0 Å². The van der Waals surface area contributed by atoms with Gasteiger partial charge in [0.1, 0.15) is 0 Å². The first-order chi connectivity index (χ1) is 12.0. The molecule has 1 atom stereocenters. The number of benzene rings is 2. The maximum Gasteiger partial charge on any atom is 0.251 e. The molecule has 1 unspecified atom stereocenters. The molecule has 0 radical (unpaired) electrons. The SMILES string of the molecule is O=C(NC1CCCNC1)c1cccc(CS(=O)(=O)c2ccccc2)c1. The van der Waals surface area contributed by atoms with Gasteiger partial charge in [0, 0.05) is 18.2 Å². The maximum atomic E-state index is 12.5. The molecule has 1 amide bonds. The predicted octanol–water partition coefficient (Wildman–Crippen LogP) is 2.14. The van der Waals surface area contributed by atoms with Gasteiger partial charge in [0.05, 0.1) is 10.6 Å². The monoisotopic (exact) mass is 358 g/mol. The van der Waals surface area contributed by atoms with E-state index in [1.54, 1.807) is 54.6 Å². The average Bonchev–Trinajstić information content (AvgIpc) is 2.63. The lowest BCUT2D eigenvalue weighted by Crippen LogP contribution is -2.45. The number of carbonyl (C=O) groups excluding carboxylic acids is 1. The van der Waals surface area contributed by atoms with Crippen molar-refractivity contribution in [2.24, 2.45) is 0 Å². The molecule has 2 N–H and O–H groups in total. The minimum Gasteiger partial charge on any atom is -0.348 e. The van der Waals surface area contributed by atoms with Crippen molar-refractivity contribution in [1.29, 1.82) is 0 Å². The van der Waals surface area contributed by atoms with Crippen molar-refractivity contribution in [2.45, 2.75) is 29.5 Å². The van der Waals surface area contributed by atoms with Gasteiger partial charge < -0.3 is 10.6 Å². The van der Waals surface area contributed by atoms with Gasteiger partial charge in [-0.3, -0.25) is 4.79 Å². The first-order valence-corrected chi connectivity index (χ1v) is 10.1. The van der Waals surface area contributed by atoms with E-state index in [4.69, 9.17) is 0 Å². The van der Waals surface area contributed by atoms with E-state index in [-0.39, 0.29) is 22.6 Å². The van der Waals surface area contributed by atoms with Crippen molar-refractivity contribution in [3.05, 3.63) is 65.7 Å². The highest BCUT2D eigenvalue weighted by atomic mass is 32.2. The Morgan fingerprint density at radius 2 is 1.92 bits per heavy atom. The summed E-state index contributed by atoms with van der Waals surface area (Å²) in [4.78, 5) is 12.7. The Morgan fingerprint density at radius 1 is 1.12 bits per heavy atom. The number of rotatable bonds is 5. The molecule has 2 aromatic carbocycles. The van der Waals surface area contributed by atoms with Gasteiger partial charge in [-0.25, -0.2) is 8.42 Å². The molecule has 0 aliphatic carbocycles. The molecule has 1 heterocycles. The largest absolute Gasteiger partial charge is 0.348 e. The van der Waals surface area contributed by atoms with Crippen LogP contribution in [0.15, 0.2) is 59.5 Å². The Balaban J connectivity index is 1.72. The zero-order valence-corrected chi connectivity index (χ0v) is 14.8. The number of carbonyl (C=O) groups is 1. The lowest BCUT2D eigenvalue weighted by atomic mass is 10.1. The van der Waals surface area contributed by atoms with Crippen LogP contribution in [0.4, 0.5) is 0 Å². The van der Waals surface area contributed by atoms with Gasteiger partial charge in [0.2, 0.25) is 0 Å². The standard InChI is InChI=1S/C19H22N2O3S/c22-19(21-17-8-5-11-20-13-17)16-7-4-6-15(12-16)14-25(23,24)18-9-2-1-3-10-18/h1-4,6-7,9-10,12,17,20H,5,8,11,13-14H2,(H,21,22). The summed E-state index contributed by atoms with van der Waals surface area (Å²) in [7, 11) is -3.42. The Kier molecular flexibility index (Phi) is 5.50. The van der Waals surface area contributed by atoms with Crippen molar-refractivity contribution in [2.75, 3.05) is 13.1 Å². The van der Waals surface area contributed by atoms with Crippen molar-refractivity contribution in [1.82, 2.24) is 10.6 Å². The van der Waals surface area contributed by atoms with Crippen LogP contribution in [0.3, 0.4) is 0 Å². The highest BCUT2D eigenvalue weighted by molar-refractivity contribution is 7.90. The molecule has 2 aromatic rings. The van der Waals surface area contributed by atoms with Gasteiger partial charge >= 0.3 is 0 Å². The van der Waals surface area contributed by atoms with Crippen molar-refractivity contribution < 1.29 is 13.2 Å². The summed E-state index contributed by atoms with van der Waals surface area (Å²) in [6.45, 7) is 1.76. The van der Waals surface area contributed by atoms with E-state index >= 15 is 0 Å². The Bertz CT molecular complexity index is 829. The van der Waals surface area contributed by atoms with E-state index in [9.17, 15) is 13.2 Å². The van der Waals surface area contributed by atoms with Crippen LogP contribution < -0.4 is 10.6 Å². The summed E-state index contributed by atoms with van der Waals surface area (Å²) in [6, 6.07) is 15.3. The average molecular weight is 358 g/mol. The summed E-state index contributed by atoms with van der Waals surface area (Å²) in [5, 5.41) is 6.26. The Labute approximate surface area is 148 Å². The Hall–Kier alpha value is -2.18. The Morgan fingerprint density at radius 3 is 2.64 bits per heavy atom. The van der Waals surface area contributed by atoms with Crippen molar-refractivity contribution in [3.63, 3.8) is 0 Å². The quantitative estimate of drug-likeness (QED) is 0.859. The number of piperidine rings is 1. The zero-order chi connectivity index (χ0) is 17.7. The normalized spacial score (nSPS) is 17.8. The smallest absolute Gasteiger partial charge is 0.251 e. The van der Waals surface area contributed by atoms with Gasteiger partial charge in [0.15, 0.2) is 9.84 Å². The third-order valence-corrected chi connectivity index (χ3v) is 5.98. The summed E-state index contributed by atoms with van der Waals surface area (Å²) in [5.41, 5.74) is 1.10. The topological polar surface area (TPSA) is 75.3 Å². The van der Waals surface area contributed by atoms with E-state index in [0.717, 1.165) is 25.9 Å². The van der Waals surface area contributed by atoms with E-state index in [1.165, 1.54) is 0 Å². The second-order valence-corrected chi connectivity index (χ2v) is 8.28. The van der Waals surface area contributed by atoms with Gasteiger partial charge in [-0.1, -0.05) is 30.3 Å². The summed E-state index contributed by atoms with van der Waals surface area (Å²) >= 11 is 0. The van der Waals surface area contributed by atoms with Crippen molar-refractivity contribution >= 4 is 15.7 Å². The molecule has 1 fully saturated rings. The highest BCUT2D eigenvalue weighted by Crippen LogP contribution is 2.17. The highest BCUT2D eigenvalue weighted by Gasteiger charge is 2.18. The van der Waals surface area contributed by atoms with E-state index in [1.807, 2.05) is 0 Å². The molecule has 3 rings (SSSR count). The van der Waals surface area contributed by atoms with Crippen molar-refractivity contribution in [3.8, 4) is 0 Å². The van der Waals surface area contributed by atoms with E-state index in [0.29, 0.717) is 11.1 Å². The first kappa shape index (κ1) is 17.6. The molecule has 0 spiro atoms. The number of amides is 1. The molecule has 0 saturated carbocycles. The van der Waals surface area contributed by atoms with Gasteiger partial charge in [-0.15, -0.1) is 0 Å². The number of hydrogen-bond acceptors (Lipinski definition) is 4.